The van der Waals surface area contributed by atoms with E-state index >= 15 is 0 Å². The molecule has 0 aliphatic heterocycles. The molecule has 0 spiro atoms. The molecule has 4 aromatic rings. The van der Waals surface area contributed by atoms with Gasteiger partial charge in [0.05, 0.1) is 34.0 Å². The number of pyridine rings is 1. The number of fused-ring (bicyclic) bond motifs is 1. The van der Waals surface area contributed by atoms with Crippen molar-refractivity contribution in [1.82, 2.24) is 4.98 Å². The Kier molecular flexibility index (Phi) is 5.49. The molecule has 0 aliphatic rings. The van der Waals surface area contributed by atoms with Crippen LogP contribution in [-0.4, -0.2) is 39.4 Å². The molecular formula is C24H21NO6. The first-order valence-electron chi connectivity index (χ1n) is 9.47. The van der Waals surface area contributed by atoms with Crippen LogP contribution in [0.3, 0.4) is 0 Å². The zero-order valence-electron chi connectivity index (χ0n) is 17.6. The third-order valence-corrected chi connectivity index (χ3v) is 4.96. The summed E-state index contributed by atoms with van der Waals surface area (Å²) in [5.41, 5.74) is 4.14. The lowest BCUT2D eigenvalue weighted by atomic mass is 10.0. The number of benzene rings is 2. The number of carbonyl (C=O) groups excluding carboxylic acids is 1. The van der Waals surface area contributed by atoms with Crippen LogP contribution < -0.4 is 14.2 Å². The summed E-state index contributed by atoms with van der Waals surface area (Å²) < 4.78 is 27.3. The highest BCUT2D eigenvalue weighted by atomic mass is 16.5. The average molecular weight is 419 g/mol. The maximum Gasteiger partial charge on any atom is 0.337 e. The number of ether oxygens (including phenoxy) is 4. The molecule has 2 heterocycles. The second-order valence-corrected chi connectivity index (χ2v) is 6.67. The van der Waals surface area contributed by atoms with Crippen LogP contribution in [0, 0.1) is 0 Å². The van der Waals surface area contributed by atoms with Gasteiger partial charge in [-0.3, -0.25) is 4.98 Å². The zero-order chi connectivity index (χ0) is 22.0. The average Bonchev–Trinajstić information content (AvgIpc) is 3.27. The highest BCUT2D eigenvalue weighted by Gasteiger charge is 2.18. The molecule has 7 heteroatoms. The maximum atomic E-state index is 11.9. The van der Waals surface area contributed by atoms with Crippen LogP contribution in [0.1, 0.15) is 10.4 Å². The Morgan fingerprint density at radius 2 is 1.61 bits per heavy atom. The molecule has 0 N–H and O–H groups in total. The molecule has 0 aliphatic carbocycles. The fraction of sp³-hybridized carbons (Fsp3) is 0.167. The van der Waals surface area contributed by atoms with Gasteiger partial charge in [0.15, 0.2) is 17.1 Å². The van der Waals surface area contributed by atoms with Gasteiger partial charge in [-0.05, 0) is 35.9 Å². The number of carbonyl (C=O) groups is 1. The van der Waals surface area contributed by atoms with Gasteiger partial charge in [-0.15, -0.1) is 0 Å². The van der Waals surface area contributed by atoms with Crippen molar-refractivity contribution in [2.24, 2.45) is 0 Å². The van der Waals surface area contributed by atoms with Gasteiger partial charge in [0, 0.05) is 23.4 Å². The predicted molar refractivity (Wildman–Crippen MR) is 116 cm³/mol. The summed E-state index contributed by atoms with van der Waals surface area (Å²) >= 11 is 0. The van der Waals surface area contributed by atoms with Crippen LogP contribution in [0.15, 0.2) is 59.1 Å². The van der Waals surface area contributed by atoms with E-state index in [2.05, 4.69) is 4.98 Å². The molecule has 2 aromatic heterocycles. The minimum atomic E-state index is -0.398. The maximum absolute atomic E-state index is 11.9. The van der Waals surface area contributed by atoms with Crippen LogP contribution in [0.4, 0.5) is 0 Å². The monoisotopic (exact) mass is 419 g/mol. The molecule has 0 atom stereocenters. The Labute approximate surface area is 179 Å². The molecule has 0 amide bonds. The highest BCUT2D eigenvalue weighted by molar-refractivity contribution is 5.95. The summed E-state index contributed by atoms with van der Waals surface area (Å²) in [6.45, 7) is 0. The van der Waals surface area contributed by atoms with E-state index in [-0.39, 0.29) is 0 Å². The molecule has 4 rings (SSSR count). The first kappa shape index (κ1) is 20.3. The fourth-order valence-corrected chi connectivity index (χ4v) is 3.46. The summed E-state index contributed by atoms with van der Waals surface area (Å²) in [5.74, 6) is 1.75. The Bertz CT molecular complexity index is 1240. The SMILES string of the molecule is COC(=O)c1cccc(-c2ccnc3cc(-c4cc(OC)c(OC)c(OC)c4)oc23)c1. The van der Waals surface area contributed by atoms with Crippen molar-refractivity contribution >= 4 is 17.1 Å². The second kappa shape index (κ2) is 8.39. The lowest BCUT2D eigenvalue weighted by Crippen LogP contribution is -2.00. The van der Waals surface area contributed by atoms with Crippen LogP contribution in [0.2, 0.25) is 0 Å². The minimum Gasteiger partial charge on any atom is -0.493 e. The number of methoxy groups -OCH3 is 4. The lowest BCUT2D eigenvalue weighted by Gasteiger charge is -2.13. The van der Waals surface area contributed by atoms with Crippen molar-refractivity contribution in [3.63, 3.8) is 0 Å². The smallest absolute Gasteiger partial charge is 0.337 e. The van der Waals surface area contributed by atoms with Gasteiger partial charge < -0.3 is 23.4 Å². The van der Waals surface area contributed by atoms with E-state index in [1.54, 1.807) is 45.7 Å². The predicted octanol–water partition coefficient (Wildman–Crippen LogP) is 4.97. The first-order chi connectivity index (χ1) is 15.1. The molecule has 0 radical (unpaired) electrons. The molecule has 31 heavy (non-hydrogen) atoms. The number of nitrogens with zero attached hydrogens (tertiary/aromatic N) is 1. The van der Waals surface area contributed by atoms with Crippen LogP contribution >= 0.6 is 0 Å². The second-order valence-electron chi connectivity index (χ2n) is 6.67. The van der Waals surface area contributed by atoms with Crippen molar-refractivity contribution in [1.29, 1.82) is 0 Å². The fourth-order valence-electron chi connectivity index (χ4n) is 3.46. The van der Waals surface area contributed by atoms with Gasteiger partial charge in [-0.2, -0.15) is 0 Å². The molecule has 7 nitrogen and oxygen atoms in total. The highest BCUT2D eigenvalue weighted by Crippen LogP contribution is 2.42. The summed E-state index contributed by atoms with van der Waals surface area (Å²) in [4.78, 5) is 16.4. The molecule has 158 valence electrons. The van der Waals surface area contributed by atoms with Gasteiger partial charge in [-0.1, -0.05) is 12.1 Å². The summed E-state index contributed by atoms with van der Waals surface area (Å²) in [7, 11) is 6.04. The van der Waals surface area contributed by atoms with E-state index in [0.717, 1.165) is 16.7 Å². The van der Waals surface area contributed by atoms with E-state index in [4.69, 9.17) is 23.4 Å². The van der Waals surface area contributed by atoms with Crippen LogP contribution in [0.25, 0.3) is 33.6 Å². The third kappa shape index (κ3) is 3.66. The van der Waals surface area contributed by atoms with E-state index in [1.807, 2.05) is 30.3 Å². The van der Waals surface area contributed by atoms with Crippen molar-refractivity contribution < 1.29 is 28.2 Å². The normalized spacial score (nSPS) is 10.7. The molecule has 0 fully saturated rings. The van der Waals surface area contributed by atoms with E-state index in [1.165, 1.54) is 7.11 Å². The zero-order valence-corrected chi connectivity index (χ0v) is 17.6. The Morgan fingerprint density at radius 1 is 0.871 bits per heavy atom. The standard InChI is InChI=1S/C24H21NO6/c1-27-20-11-16(12-21(28-2)23(20)29-3)19-13-18-22(31-19)17(8-9-25-18)14-6-5-7-15(10-14)24(26)30-4/h5-13H,1-4H3. The van der Waals surface area contributed by atoms with Crippen LogP contribution in [0.5, 0.6) is 17.2 Å². The molecular weight excluding hydrogens is 398 g/mol. The Morgan fingerprint density at radius 3 is 2.26 bits per heavy atom. The molecule has 0 unspecified atom stereocenters. The van der Waals surface area contributed by atoms with E-state index in [0.29, 0.717) is 39.7 Å². The Hall–Kier alpha value is -4.00. The number of hydrogen-bond donors (Lipinski definition) is 0. The molecule has 2 aromatic carbocycles. The number of esters is 1. The van der Waals surface area contributed by atoms with Gasteiger partial charge in [0.2, 0.25) is 5.75 Å². The van der Waals surface area contributed by atoms with Crippen molar-refractivity contribution in [2.45, 2.75) is 0 Å². The quantitative estimate of drug-likeness (QED) is 0.408. The Balaban J connectivity index is 1.85. The number of rotatable bonds is 6. The topological polar surface area (TPSA) is 80.0 Å². The summed E-state index contributed by atoms with van der Waals surface area (Å²) in [6.07, 6.45) is 1.71. The number of hydrogen-bond acceptors (Lipinski definition) is 7. The largest absolute Gasteiger partial charge is 0.493 e. The summed E-state index contributed by atoms with van der Waals surface area (Å²) in [5, 5.41) is 0. The molecule has 0 saturated heterocycles. The van der Waals surface area contributed by atoms with Gasteiger partial charge >= 0.3 is 5.97 Å². The summed E-state index contributed by atoms with van der Waals surface area (Å²) in [6, 6.07) is 14.5. The van der Waals surface area contributed by atoms with E-state index < -0.39 is 5.97 Å². The van der Waals surface area contributed by atoms with Crippen LogP contribution in [-0.2, 0) is 4.74 Å². The molecule has 0 saturated carbocycles. The van der Waals surface area contributed by atoms with Gasteiger partial charge in [0.25, 0.3) is 0 Å². The van der Waals surface area contributed by atoms with Crippen molar-refractivity contribution in [2.75, 3.05) is 28.4 Å². The first-order valence-corrected chi connectivity index (χ1v) is 9.47. The molecule has 0 bridgehead atoms. The lowest BCUT2D eigenvalue weighted by molar-refractivity contribution is 0.0601. The third-order valence-electron chi connectivity index (χ3n) is 4.96. The number of aromatic nitrogens is 1. The van der Waals surface area contributed by atoms with Crippen molar-refractivity contribution in [3.05, 3.63) is 60.3 Å². The van der Waals surface area contributed by atoms with Gasteiger partial charge in [-0.25, -0.2) is 4.79 Å². The van der Waals surface area contributed by atoms with E-state index in [9.17, 15) is 4.79 Å². The van der Waals surface area contributed by atoms with Gasteiger partial charge in [0.1, 0.15) is 11.3 Å². The van der Waals surface area contributed by atoms with Crippen molar-refractivity contribution in [3.8, 4) is 39.7 Å². The number of furan rings is 1. The minimum absolute atomic E-state index is 0.398.